The van der Waals surface area contributed by atoms with Crippen LogP contribution in [0, 0.1) is 0 Å². The molecule has 0 bridgehead atoms. The molecule has 0 aliphatic rings. The summed E-state index contributed by atoms with van der Waals surface area (Å²) in [5.74, 6) is -0.233. The van der Waals surface area contributed by atoms with Gasteiger partial charge in [0.25, 0.3) is 0 Å². The smallest absolute Gasteiger partial charge is 0.406 e. The van der Waals surface area contributed by atoms with Crippen molar-refractivity contribution in [2.75, 3.05) is 18.5 Å². The molecule has 0 aliphatic heterocycles. The summed E-state index contributed by atoms with van der Waals surface area (Å²) < 4.78 is 39.8. The zero-order chi connectivity index (χ0) is 13.4. The molecule has 2 N–H and O–H groups in total. The number of hydrogen-bond donors (Lipinski definition) is 2. The second kappa shape index (κ2) is 7.10. The van der Waals surface area contributed by atoms with E-state index in [1.807, 2.05) is 0 Å². The lowest BCUT2D eigenvalue weighted by Crippen LogP contribution is -2.17. The molecule has 0 unspecified atom stereocenters. The average Bonchev–Trinajstić information content (AvgIpc) is 2.27. The molecule has 1 aromatic rings. The molecule has 0 saturated heterocycles. The van der Waals surface area contributed by atoms with E-state index in [2.05, 4.69) is 10.1 Å². The minimum atomic E-state index is -4.67. The van der Waals surface area contributed by atoms with Gasteiger partial charge in [0.1, 0.15) is 5.75 Å². The Morgan fingerprint density at radius 1 is 1.17 bits per heavy atom. The molecule has 0 fully saturated rings. The van der Waals surface area contributed by atoms with Crippen molar-refractivity contribution in [3.8, 4) is 5.75 Å². The molecular formula is C12H16F3NO2. The highest BCUT2D eigenvalue weighted by Crippen LogP contribution is 2.24. The number of ether oxygens (including phenoxy) is 1. The van der Waals surface area contributed by atoms with Crippen molar-refractivity contribution < 1.29 is 23.0 Å². The Morgan fingerprint density at radius 3 is 2.61 bits per heavy atom. The molecule has 18 heavy (non-hydrogen) atoms. The molecule has 0 spiro atoms. The quantitative estimate of drug-likeness (QED) is 0.742. The van der Waals surface area contributed by atoms with Crippen molar-refractivity contribution in [1.29, 1.82) is 0 Å². The Balaban J connectivity index is 2.40. The molecule has 0 amide bonds. The highest BCUT2D eigenvalue weighted by Gasteiger charge is 2.31. The number of aliphatic hydroxyl groups is 1. The Bertz CT molecular complexity index is 355. The first kappa shape index (κ1) is 14.6. The third kappa shape index (κ3) is 6.34. The van der Waals surface area contributed by atoms with Crippen molar-refractivity contribution in [3.05, 3.63) is 24.3 Å². The monoisotopic (exact) mass is 263 g/mol. The summed E-state index contributed by atoms with van der Waals surface area (Å²) in [6.07, 6.45) is -2.20. The molecule has 0 aromatic heterocycles. The number of anilines is 1. The maximum Gasteiger partial charge on any atom is 0.573 e. The van der Waals surface area contributed by atoms with Gasteiger partial charge >= 0.3 is 6.36 Å². The van der Waals surface area contributed by atoms with Gasteiger partial charge in [0.05, 0.1) is 0 Å². The summed E-state index contributed by atoms with van der Waals surface area (Å²) in [6.45, 7) is 0.810. The van der Waals surface area contributed by atoms with Crippen LogP contribution in [0.3, 0.4) is 0 Å². The van der Waals surface area contributed by atoms with Gasteiger partial charge in [-0.1, -0.05) is 6.07 Å². The van der Waals surface area contributed by atoms with Crippen LogP contribution in [-0.4, -0.2) is 24.6 Å². The number of halogens is 3. The number of unbranched alkanes of at least 4 members (excludes halogenated alkanes) is 2. The molecular weight excluding hydrogens is 247 g/mol. The minimum Gasteiger partial charge on any atom is -0.406 e. The van der Waals surface area contributed by atoms with Crippen LogP contribution in [0.1, 0.15) is 19.3 Å². The van der Waals surface area contributed by atoms with Crippen LogP contribution in [-0.2, 0) is 0 Å². The topological polar surface area (TPSA) is 41.5 Å². The van der Waals surface area contributed by atoms with Crippen molar-refractivity contribution in [2.24, 2.45) is 0 Å². The van der Waals surface area contributed by atoms with Gasteiger partial charge in [-0.15, -0.1) is 13.2 Å². The number of hydrogen-bond acceptors (Lipinski definition) is 3. The molecule has 1 rings (SSSR count). The van der Waals surface area contributed by atoms with Crippen molar-refractivity contribution in [2.45, 2.75) is 25.6 Å². The van der Waals surface area contributed by atoms with E-state index >= 15 is 0 Å². The summed E-state index contributed by atoms with van der Waals surface area (Å²) in [5.41, 5.74) is 0.584. The lowest BCUT2D eigenvalue weighted by molar-refractivity contribution is -0.274. The number of rotatable bonds is 7. The van der Waals surface area contributed by atoms with Gasteiger partial charge < -0.3 is 15.2 Å². The zero-order valence-electron chi connectivity index (χ0n) is 9.83. The molecule has 0 saturated carbocycles. The molecule has 1 aromatic carbocycles. The fourth-order valence-electron chi connectivity index (χ4n) is 1.45. The number of alkyl halides is 3. The van der Waals surface area contributed by atoms with Gasteiger partial charge in [0.15, 0.2) is 0 Å². The summed E-state index contributed by atoms with van der Waals surface area (Å²) in [6, 6.07) is 5.73. The summed E-state index contributed by atoms with van der Waals surface area (Å²) >= 11 is 0. The molecule has 0 radical (unpaired) electrons. The lowest BCUT2D eigenvalue weighted by atomic mass is 10.2. The van der Waals surface area contributed by atoms with E-state index < -0.39 is 6.36 Å². The molecule has 0 aliphatic carbocycles. The van der Waals surface area contributed by atoms with Crippen LogP contribution in [0.25, 0.3) is 0 Å². The van der Waals surface area contributed by atoms with E-state index in [-0.39, 0.29) is 12.4 Å². The van der Waals surface area contributed by atoms with Crippen LogP contribution < -0.4 is 10.1 Å². The van der Waals surface area contributed by atoms with Gasteiger partial charge in [-0.25, -0.2) is 0 Å². The van der Waals surface area contributed by atoms with E-state index in [1.165, 1.54) is 18.2 Å². The largest absolute Gasteiger partial charge is 0.573 e. The van der Waals surface area contributed by atoms with E-state index in [0.717, 1.165) is 19.3 Å². The predicted octanol–water partition coefficient (Wildman–Crippen LogP) is 3.16. The maximum absolute atomic E-state index is 12.0. The highest BCUT2D eigenvalue weighted by molar-refractivity contribution is 5.48. The predicted molar refractivity (Wildman–Crippen MR) is 62.6 cm³/mol. The van der Waals surface area contributed by atoms with Gasteiger partial charge in [-0.2, -0.15) is 0 Å². The molecule has 102 valence electrons. The second-order valence-electron chi connectivity index (χ2n) is 3.79. The summed E-state index contributed by atoms with van der Waals surface area (Å²) in [4.78, 5) is 0. The first-order valence-corrected chi connectivity index (χ1v) is 5.72. The first-order chi connectivity index (χ1) is 8.51. The third-order valence-corrected chi connectivity index (χ3v) is 2.23. The Hall–Kier alpha value is -1.43. The van der Waals surface area contributed by atoms with Crippen molar-refractivity contribution in [3.63, 3.8) is 0 Å². The van der Waals surface area contributed by atoms with Gasteiger partial charge in [-0.05, 0) is 31.4 Å². The van der Waals surface area contributed by atoms with E-state index in [1.54, 1.807) is 6.07 Å². The van der Waals surface area contributed by atoms with Crippen LogP contribution >= 0.6 is 0 Å². The lowest BCUT2D eigenvalue weighted by Gasteiger charge is -2.11. The van der Waals surface area contributed by atoms with Crippen molar-refractivity contribution >= 4 is 5.69 Å². The minimum absolute atomic E-state index is 0.162. The van der Waals surface area contributed by atoms with Gasteiger partial charge in [0.2, 0.25) is 0 Å². The second-order valence-corrected chi connectivity index (χ2v) is 3.79. The number of aliphatic hydroxyl groups excluding tert-OH is 1. The fraction of sp³-hybridized carbons (Fsp3) is 0.500. The van der Waals surface area contributed by atoms with Crippen LogP contribution in [0.4, 0.5) is 18.9 Å². The highest BCUT2D eigenvalue weighted by atomic mass is 19.4. The van der Waals surface area contributed by atoms with E-state index in [4.69, 9.17) is 5.11 Å². The summed E-state index contributed by atoms with van der Waals surface area (Å²) in [5, 5.41) is 11.6. The number of benzene rings is 1. The third-order valence-electron chi connectivity index (χ3n) is 2.23. The molecule has 3 nitrogen and oxygen atoms in total. The first-order valence-electron chi connectivity index (χ1n) is 5.72. The standard InChI is InChI=1S/C12H16F3NO2/c13-12(14,15)18-11-6-4-5-10(9-11)16-7-2-1-3-8-17/h4-6,9,16-17H,1-3,7-8H2. The normalized spacial score (nSPS) is 11.3. The van der Waals surface area contributed by atoms with Crippen LogP contribution in [0.15, 0.2) is 24.3 Å². The Kier molecular flexibility index (Phi) is 5.77. The van der Waals surface area contributed by atoms with Crippen LogP contribution in [0.5, 0.6) is 5.75 Å². The SMILES string of the molecule is OCCCCCNc1cccc(OC(F)(F)F)c1. The fourth-order valence-corrected chi connectivity index (χ4v) is 1.45. The van der Waals surface area contributed by atoms with Crippen LogP contribution in [0.2, 0.25) is 0 Å². The molecule has 0 atom stereocenters. The average molecular weight is 263 g/mol. The Labute approximate surface area is 104 Å². The van der Waals surface area contributed by atoms with E-state index in [9.17, 15) is 13.2 Å². The van der Waals surface area contributed by atoms with Gasteiger partial charge in [-0.3, -0.25) is 0 Å². The van der Waals surface area contributed by atoms with Crippen molar-refractivity contribution in [1.82, 2.24) is 0 Å². The number of nitrogens with one attached hydrogen (secondary N) is 1. The van der Waals surface area contributed by atoms with Gasteiger partial charge in [0, 0.05) is 24.9 Å². The van der Waals surface area contributed by atoms with E-state index in [0.29, 0.717) is 12.2 Å². The zero-order valence-corrected chi connectivity index (χ0v) is 9.83. The summed E-state index contributed by atoms with van der Waals surface area (Å²) in [7, 11) is 0. The molecule has 6 heteroatoms. The Morgan fingerprint density at radius 2 is 1.94 bits per heavy atom. The molecule has 0 heterocycles. The maximum atomic E-state index is 12.0.